The molecule has 0 saturated heterocycles. The van der Waals surface area contributed by atoms with Gasteiger partial charge in [0.1, 0.15) is 17.2 Å². The molecule has 0 spiro atoms. The number of halogens is 4. The lowest BCUT2D eigenvalue weighted by molar-refractivity contribution is -0.137. The molecular formula is C10H6BrF3O2. The van der Waals surface area contributed by atoms with E-state index in [0.29, 0.717) is 0 Å². The van der Waals surface area contributed by atoms with Gasteiger partial charge in [-0.2, -0.15) is 13.2 Å². The van der Waals surface area contributed by atoms with Gasteiger partial charge in [0.15, 0.2) is 5.78 Å². The Morgan fingerprint density at radius 2 is 2.06 bits per heavy atom. The van der Waals surface area contributed by atoms with Crippen LogP contribution in [0.25, 0.3) is 0 Å². The van der Waals surface area contributed by atoms with E-state index in [2.05, 4.69) is 15.9 Å². The molecule has 6 heteroatoms. The van der Waals surface area contributed by atoms with Crippen LogP contribution in [0.2, 0.25) is 0 Å². The molecule has 16 heavy (non-hydrogen) atoms. The number of rotatable bonds is 0. The van der Waals surface area contributed by atoms with Crippen LogP contribution in [-0.2, 0) is 6.18 Å². The summed E-state index contributed by atoms with van der Waals surface area (Å²) in [5.74, 6) is -0.180. The lowest BCUT2D eigenvalue weighted by atomic mass is 10.0. The van der Waals surface area contributed by atoms with Gasteiger partial charge in [-0.15, -0.1) is 0 Å². The zero-order valence-corrected chi connectivity index (χ0v) is 9.43. The molecule has 0 aromatic heterocycles. The Morgan fingerprint density at radius 3 is 2.69 bits per heavy atom. The van der Waals surface area contributed by atoms with Crippen molar-refractivity contribution in [3.05, 3.63) is 29.3 Å². The monoisotopic (exact) mass is 294 g/mol. The minimum Gasteiger partial charge on any atom is -0.491 e. The van der Waals surface area contributed by atoms with Gasteiger partial charge in [-0.25, -0.2) is 0 Å². The third kappa shape index (κ3) is 1.93. The predicted octanol–water partition coefficient (Wildman–Crippen LogP) is 3.04. The molecule has 0 aliphatic carbocycles. The highest BCUT2D eigenvalue weighted by atomic mass is 79.9. The SMILES string of the molecule is O=C1c2cc(C(F)(F)F)ccc2OCC1Br. The molecule has 1 aliphatic heterocycles. The van der Waals surface area contributed by atoms with Gasteiger partial charge in [0.2, 0.25) is 0 Å². The first-order valence-electron chi connectivity index (χ1n) is 4.42. The lowest BCUT2D eigenvalue weighted by Gasteiger charge is -2.21. The summed E-state index contributed by atoms with van der Waals surface area (Å²) in [7, 11) is 0. The molecule has 1 aromatic rings. The first kappa shape index (κ1) is 11.4. The molecule has 1 aromatic carbocycles. The van der Waals surface area contributed by atoms with Gasteiger partial charge in [0, 0.05) is 0 Å². The number of alkyl halides is 4. The fourth-order valence-electron chi connectivity index (χ4n) is 1.43. The van der Waals surface area contributed by atoms with E-state index >= 15 is 0 Å². The molecule has 0 N–H and O–H groups in total. The Kier molecular flexibility index (Phi) is 2.69. The zero-order valence-electron chi connectivity index (χ0n) is 7.84. The molecule has 0 amide bonds. The van der Waals surface area contributed by atoms with Crippen molar-refractivity contribution >= 4 is 21.7 Å². The van der Waals surface area contributed by atoms with Crippen molar-refractivity contribution in [1.82, 2.24) is 0 Å². The third-order valence-corrected chi connectivity index (χ3v) is 2.92. The summed E-state index contributed by atoms with van der Waals surface area (Å²) < 4.78 is 42.4. The third-order valence-electron chi connectivity index (χ3n) is 2.24. The van der Waals surface area contributed by atoms with E-state index in [1.165, 1.54) is 6.07 Å². The average Bonchev–Trinajstić information content (AvgIpc) is 2.22. The molecule has 2 nitrogen and oxygen atoms in total. The van der Waals surface area contributed by atoms with E-state index in [4.69, 9.17) is 4.74 Å². The van der Waals surface area contributed by atoms with Crippen LogP contribution in [0.15, 0.2) is 18.2 Å². The van der Waals surface area contributed by atoms with Gasteiger partial charge >= 0.3 is 6.18 Å². The zero-order chi connectivity index (χ0) is 11.9. The summed E-state index contributed by atoms with van der Waals surface area (Å²) in [6.45, 7) is 0.136. The number of hydrogen-bond acceptors (Lipinski definition) is 2. The quantitative estimate of drug-likeness (QED) is 0.688. The maximum absolute atomic E-state index is 12.4. The normalized spacial score (nSPS) is 20.2. The average molecular weight is 295 g/mol. The summed E-state index contributed by atoms with van der Waals surface area (Å²) in [5, 5.41) is 0. The van der Waals surface area contributed by atoms with Crippen molar-refractivity contribution in [2.75, 3.05) is 6.61 Å². The molecule has 2 rings (SSSR count). The fraction of sp³-hybridized carbons (Fsp3) is 0.300. The van der Waals surface area contributed by atoms with E-state index in [0.717, 1.165) is 12.1 Å². The van der Waals surface area contributed by atoms with Crippen LogP contribution in [0.5, 0.6) is 5.75 Å². The fourth-order valence-corrected chi connectivity index (χ4v) is 1.81. The van der Waals surface area contributed by atoms with E-state index in [1.54, 1.807) is 0 Å². The summed E-state index contributed by atoms with van der Waals surface area (Å²) >= 11 is 3.04. The van der Waals surface area contributed by atoms with Crippen LogP contribution < -0.4 is 4.74 Å². The van der Waals surface area contributed by atoms with Crippen molar-refractivity contribution in [3.63, 3.8) is 0 Å². The van der Waals surface area contributed by atoms with Crippen LogP contribution in [0.1, 0.15) is 15.9 Å². The number of ketones is 1. The summed E-state index contributed by atoms with van der Waals surface area (Å²) in [6, 6.07) is 2.90. The second kappa shape index (κ2) is 3.76. The van der Waals surface area contributed by atoms with E-state index in [-0.39, 0.29) is 23.7 Å². The second-order valence-electron chi connectivity index (χ2n) is 3.35. The van der Waals surface area contributed by atoms with Crippen LogP contribution in [0, 0.1) is 0 Å². The summed E-state index contributed by atoms with van der Waals surface area (Å²) in [5.41, 5.74) is -0.868. The molecule has 1 heterocycles. The number of carbonyl (C=O) groups is 1. The highest BCUT2D eigenvalue weighted by Crippen LogP contribution is 2.35. The molecule has 0 bridgehead atoms. The topological polar surface area (TPSA) is 26.3 Å². The van der Waals surface area contributed by atoms with Gasteiger partial charge in [0.05, 0.1) is 11.1 Å². The van der Waals surface area contributed by atoms with Crippen molar-refractivity contribution in [2.24, 2.45) is 0 Å². The Labute approximate surface area is 97.5 Å². The van der Waals surface area contributed by atoms with E-state index < -0.39 is 16.6 Å². The van der Waals surface area contributed by atoms with Crippen molar-refractivity contribution < 1.29 is 22.7 Å². The van der Waals surface area contributed by atoms with Gasteiger partial charge < -0.3 is 4.74 Å². The van der Waals surface area contributed by atoms with Crippen LogP contribution in [-0.4, -0.2) is 17.2 Å². The van der Waals surface area contributed by atoms with Gasteiger partial charge in [-0.3, -0.25) is 4.79 Å². The molecule has 0 saturated carbocycles. The summed E-state index contributed by atoms with van der Waals surface area (Å²) in [6.07, 6.45) is -4.45. The predicted molar refractivity (Wildman–Crippen MR) is 54.0 cm³/mol. The Hall–Kier alpha value is -1.04. The minimum atomic E-state index is -4.45. The molecular weight excluding hydrogens is 289 g/mol. The van der Waals surface area contributed by atoms with E-state index in [1.807, 2.05) is 0 Å². The maximum Gasteiger partial charge on any atom is 0.416 e. The Balaban J connectivity index is 2.49. The molecule has 1 unspecified atom stereocenters. The number of Topliss-reactive ketones (excluding diaryl/α,β-unsaturated/α-hetero) is 1. The van der Waals surface area contributed by atoms with Crippen LogP contribution in [0.3, 0.4) is 0 Å². The number of hydrogen-bond donors (Lipinski definition) is 0. The van der Waals surface area contributed by atoms with Crippen molar-refractivity contribution in [3.8, 4) is 5.75 Å². The highest BCUT2D eigenvalue weighted by Gasteiger charge is 2.34. The van der Waals surface area contributed by atoms with Gasteiger partial charge in [0.25, 0.3) is 0 Å². The first-order valence-corrected chi connectivity index (χ1v) is 5.33. The van der Waals surface area contributed by atoms with Gasteiger partial charge in [-0.05, 0) is 18.2 Å². The molecule has 0 fully saturated rings. The largest absolute Gasteiger partial charge is 0.491 e. The number of carbonyl (C=O) groups excluding carboxylic acids is 1. The Bertz CT molecular complexity index is 442. The Morgan fingerprint density at radius 1 is 1.38 bits per heavy atom. The standard InChI is InChI=1S/C10H6BrF3O2/c11-7-4-16-8-2-1-5(10(12,13)14)3-6(8)9(7)15/h1-3,7H,4H2. The van der Waals surface area contributed by atoms with Gasteiger partial charge in [-0.1, -0.05) is 15.9 Å². The first-order chi connectivity index (χ1) is 7.39. The van der Waals surface area contributed by atoms with Crippen molar-refractivity contribution in [1.29, 1.82) is 0 Å². The molecule has 1 atom stereocenters. The molecule has 86 valence electrons. The number of benzene rings is 1. The minimum absolute atomic E-state index is 0.0250. The van der Waals surface area contributed by atoms with Crippen molar-refractivity contribution in [2.45, 2.75) is 11.0 Å². The molecule has 0 radical (unpaired) electrons. The maximum atomic E-state index is 12.4. The van der Waals surface area contributed by atoms with Crippen LogP contribution >= 0.6 is 15.9 Å². The van der Waals surface area contributed by atoms with E-state index in [9.17, 15) is 18.0 Å². The smallest absolute Gasteiger partial charge is 0.416 e. The van der Waals surface area contributed by atoms with Crippen LogP contribution in [0.4, 0.5) is 13.2 Å². The highest BCUT2D eigenvalue weighted by molar-refractivity contribution is 9.10. The molecule has 1 aliphatic rings. The second-order valence-corrected chi connectivity index (χ2v) is 4.46. The lowest BCUT2D eigenvalue weighted by Crippen LogP contribution is -2.28. The number of fused-ring (bicyclic) bond motifs is 1. The summed E-state index contributed by atoms with van der Waals surface area (Å²) in [4.78, 5) is 11.0. The number of ether oxygens (including phenoxy) is 1.